The largest absolute Gasteiger partial charge is 0.254 e. The first-order valence-corrected chi connectivity index (χ1v) is 5.85. The molecule has 0 saturated heterocycles. The van der Waals surface area contributed by atoms with Crippen molar-refractivity contribution in [3.8, 4) is 0 Å². The minimum atomic E-state index is 0.986. The Labute approximate surface area is 101 Å². The molecule has 16 heavy (non-hydrogen) atoms. The number of halogens is 1. The van der Waals surface area contributed by atoms with Gasteiger partial charge in [0, 0.05) is 27.1 Å². The lowest BCUT2D eigenvalue weighted by Crippen LogP contribution is -1.89. The number of aryl methyl sites for hydroxylation is 1. The van der Waals surface area contributed by atoms with Crippen LogP contribution in [-0.4, -0.2) is 9.97 Å². The predicted octanol–water partition coefficient (Wildman–Crippen LogP) is 3.85. The molecule has 0 aliphatic carbocycles. The van der Waals surface area contributed by atoms with Gasteiger partial charge in [-0.2, -0.15) is 0 Å². The summed E-state index contributed by atoms with van der Waals surface area (Å²) >= 11 is 3.44. The average molecular weight is 273 g/mol. The molecular weight excluding hydrogens is 264 g/mol. The van der Waals surface area contributed by atoms with Crippen molar-refractivity contribution >= 4 is 37.7 Å². The van der Waals surface area contributed by atoms with E-state index in [-0.39, 0.29) is 0 Å². The van der Waals surface area contributed by atoms with Gasteiger partial charge in [0.2, 0.25) is 0 Å². The van der Waals surface area contributed by atoms with Crippen molar-refractivity contribution in [3.63, 3.8) is 0 Å². The van der Waals surface area contributed by atoms with Crippen LogP contribution in [0.3, 0.4) is 0 Å². The Balaban J connectivity index is 2.59. The maximum atomic E-state index is 4.58. The summed E-state index contributed by atoms with van der Waals surface area (Å²) in [6, 6.07) is 10.2. The molecule has 3 rings (SSSR count). The lowest BCUT2D eigenvalue weighted by Gasteiger charge is -2.05. The van der Waals surface area contributed by atoms with E-state index in [1.807, 2.05) is 31.3 Å². The van der Waals surface area contributed by atoms with Crippen LogP contribution < -0.4 is 0 Å². The number of hydrogen-bond donors (Lipinski definition) is 0. The molecule has 0 spiro atoms. The molecule has 78 valence electrons. The number of benzene rings is 1. The molecule has 3 aromatic rings. The molecule has 0 N–H and O–H groups in total. The van der Waals surface area contributed by atoms with Crippen LogP contribution in [0.15, 0.2) is 41.0 Å². The van der Waals surface area contributed by atoms with E-state index in [0.29, 0.717) is 0 Å². The molecule has 1 aromatic carbocycles. The molecular formula is C13H9BrN2. The third kappa shape index (κ3) is 1.39. The summed E-state index contributed by atoms with van der Waals surface area (Å²) in [6.45, 7) is 2.02. The minimum absolute atomic E-state index is 0.986. The van der Waals surface area contributed by atoms with E-state index < -0.39 is 0 Å². The number of nitrogens with zero attached hydrogens (tertiary/aromatic N) is 2. The predicted molar refractivity (Wildman–Crippen MR) is 69.5 cm³/mol. The summed E-state index contributed by atoms with van der Waals surface area (Å²) in [5, 5.41) is 2.21. The zero-order chi connectivity index (χ0) is 11.1. The summed E-state index contributed by atoms with van der Waals surface area (Å²) in [5.74, 6) is 0. The van der Waals surface area contributed by atoms with Gasteiger partial charge in [-0.3, -0.25) is 9.97 Å². The molecule has 0 amide bonds. The molecule has 2 aromatic heterocycles. The van der Waals surface area contributed by atoms with Crippen molar-refractivity contribution in [3.05, 3.63) is 46.7 Å². The van der Waals surface area contributed by atoms with Crippen LogP contribution in [-0.2, 0) is 0 Å². The van der Waals surface area contributed by atoms with Gasteiger partial charge in [0.1, 0.15) is 0 Å². The van der Waals surface area contributed by atoms with Crippen LogP contribution in [0, 0.1) is 6.92 Å². The van der Waals surface area contributed by atoms with Gasteiger partial charge < -0.3 is 0 Å². The highest BCUT2D eigenvalue weighted by molar-refractivity contribution is 9.10. The first-order chi connectivity index (χ1) is 7.75. The van der Waals surface area contributed by atoms with Crippen LogP contribution in [0.5, 0.6) is 0 Å². The minimum Gasteiger partial charge on any atom is -0.254 e. The fourth-order valence-corrected chi connectivity index (χ4v) is 2.27. The van der Waals surface area contributed by atoms with Crippen LogP contribution in [0.1, 0.15) is 5.69 Å². The van der Waals surface area contributed by atoms with Crippen molar-refractivity contribution < 1.29 is 0 Å². The van der Waals surface area contributed by atoms with Crippen LogP contribution in [0.2, 0.25) is 0 Å². The maximum Gasteiger partial charge on any atom is 0.0815 e. The Bertz CT molecular complexity index is 692. The number of fused-ring (bicyclic) bond motifs is 3. The van der Waals surface area contributed by atoms with Crippen LogP contribution in [0.25, 0.3) is 21.8 Å². The zero-order valence-electron chi connectivity index (χ0n) is 8.74. The summed E-state index contributed by atoms with van der Waals surface area (Å²) in [7, 11) is 0. The molecule has 0 aliphatic rings. The fraction of sp³-hybridized carbons (Fsp3) is 0.0769. The monoisotopic (exact) mass is 272 g/mol. The lowest BCUT2D eigenvalue weighted by atomic mass is 10.1. The number of aromatic nitrogens is 2. The highest BCUT2D eigenvalue weighted by Gasteiger charge is 2.06. The van der Waals surface area contributed by atoms with Gasteiger partial charge in [0.25, 0.3) is 0 Å². The Morgan fingerprint density at radius 1 is 1.12 bits per heavy atom. The van der Waals surface area contributed by atoms with E-state index in [1.165, 1.54) is 0 Å². The summed E-state index contributed by atoms with van der Waals surface area (Å²) in [6.07, 6.45) is 1.83. The van der Waals surface area contributed by atoms with E-state index in [1.54, 1.807) is 0 Å². The first kappa shape index (κ1) is 9.73. The smallest absolute Gasteiger partial charge is 0.0815 e. The van der Waals surface area contributed by atoms with E-state index in [2.05, 4.69) is 38.0 Å². The molecule has 0 saturated carbocycles. The van der Waals surface area contributed by atoms with Crippen LogP contribution >= 0.6 is 15.9 Å². The molecule has 0 unspecified atom stereocenters. The van der Waals surface area contributed by atoms with Gasteiger partial charge in [0.15, 0.2) is 0 Å². The van der Waals surface area contributed by atoms with Gasteiger partial charge in [-0.05, 0) is 35.0 Å². The Morgan fingerprint density at radius 3 is 2.81 bits per heavy atom. The molecule has 2 nitrogen and oxygen atoms in total. The van der Waals surface area contributed by atoms with Gasteiger partial charge in [0.05, 0.1) is 11.0 Å². The summed E-state index contributed by atoms with van der Waals surface area (Å²) in [4.78, 5) is 9.07. The zero-order valence-corrected chi connectivity index (χ0v) is 10.3. The average Bonchev–Trinajstić information content (AvgIpc) is 2.29. The van der Waals surface area contributed by atoms with Crippen molar-refractivity contribution in [1.29, 1.82) is 0 Å². The Kier molecular flexibility index (Phi) is 2.14. The SMILES string of the molecule is Cc1nc2ccccc2c2ncc(Br)cc12. The number of hydrogen-bond acceptors (Lipinski definition) is 2. The third-order valence-corrected chi connectivity index (χ3v) is 3.13. The second-order valence-electron chi connectivity index (χ2n) is 3.76. The lowest BCUT2D eigenvalue weighted by molar-refractivity contribution is 1.27. The molecule has 3 heteroatoms. The van der Waals surface area contributed by atoms with Gasteiger partial charge in [-0.1, -0.05) is 18.2 Å². The molecule has 0 aliphatic heterocycles. The van der Waals surface area contributed by atoms with Crippen molar-refractivity contribution in [2.75, 3.05) is 0 Å². The topological polar surface area (TPSA) is 25.8 Å². The third-order valence-electron chi connectivity index (χ3n) is 2.69. The standard InChI is InChI=1S/C13H9BrN2/c1-8-11-6-9(14)7-15-13(11)10-4-2-3-5-12(10)16-8/h2-7H,1H3. The Hall–Kier alpha value is -1.48. The van der Waals surface area contributed by atoms with Gasteiger partial charge >= 0.3 is 0 Å². The van der Waals surface area contributed by atoms with Crippen molar-refractivity contribution in [2.45, 2.75) is 6.92 Å². The summed E-state index contributed by atoms with van der Waals surface area (Å²) in [5.41, 5.74) is 3.04. The van der Waals surface area contributed by atoms with E-state index in [9.17, 15) is 0 Å². The Morgan fingerprint density at radius 2 is 1.94 bits per heavy atom. The van der Waals surface area contributed by atoms with Gasteiger partial charge in [-0.25, -0.2) is 0 Å². The van der Waals surface area contributed by atoms with Crippen molar-refractivity contribution in [2.24, 2.45) is 0 Å². The number of rotatable bonds is 0. The van der Waals surface area contributed by atoms with Crippen molar-refractivity contribution in [1.82, 2.24) is 9.97 Å². The fourth-order valence-electron chi connectivity index (χ4n) is 1.94. The second kappa shape index (κ2) is 3.52. The van der Waals surface area contributed by atoms with E-state index in [0.717, 1.165) is 32.0 Å². The number of para-hydroxylation sites is 1. The normalized spacial score (nSPS) is 11.1. The molecule has 0 bridgehead atoms. The quantitative estimate of drug-likeness (QED) is 0.581. The summed E-state index contributed by atoms with van der Waals surface area (Å²) < 4.78 is 0.986. The number of pyridine rings is 2. The highest BCUT2D eigenvalue weighted by Crippen LogP contribution is 2.26. The first-order valence-electron chi connectivity index (χ1n) is 5.06. The highest BCUT2D eigenvalue weighted by atomic mass is 79.9. The second-order valence-corrected chi connectivity index (χ2v) is 4.68. The van der Waals surface area contributed by atoms with E-state index >= 15 is 0 Å². The molecule has 2 heterocycles. The van der Waals surface area contributed by atoms with Gasteiger partial charge in [-0.15, -0.1) is 0 Å². The molecule has 0 atom stereocenters. The van der Waals surface area contributed by atoms with E-state index in [4.69, 9.17) is 0 Å². The molecule has 0 radical (unpaired) electrons. The van der Waals surface area contributed by atoms with Crippen LogP contribution in [0.4, 0.5) is 0 Å². The molecule has 0 fully saturated rings. The maximum absolute atomic E-state index is 4.58.